The molecule has 2 atom stereocenters. The number of nitrogens with zero attached hydrogens (tertiary/aromatic N) is 5. The van der Waals surface area contributed by atoms with Gasteiger partial charge in [-0.05, 0) is 43.9 Å². The fraction of sp³-hybridized carbons (Fsp3) is 0.515. The van der Waals surface area contributed by atoms with E-state index in [0.29, 0.717) is 97.8 Å². The van der Waals surface area contributed by atoms with E-state index in [0.717, 1.165) is 29.8 Å². The zero-order chi connectivity index (χ0) is 33.0. The molecule has 0 bridgehead atoms. The van der Waals surface area contributed by atoms with E-state index in [-0.39, 0.29) is 0 Å². The summed E-state index contributed by atoms with van der Waals surface area (Å²) in [7, 11) is -5.07. The standard InChI is InChI=1S/C33H42N6O6S2/c34-22-32(9-10-32)33(31(35)40)8-2-1-3-27(33)29-28(23-4-6-25(7-5-23)38-11-15-46(41,42)16-12-38)37-30(45-29)24-19-26(21-36-20-24)39-13-17-47(43,44)18-14-39/h4-7,19-21,27,41-44H,1-3,8-18H2,(H2,35,40). The van der Waals surface area contributed by atoms with Gasteiger partial charge in [-0.2, -0.15) is 26.4 Å². The predicted octanol–water partition coefficient (Wildman–Crippen LogP) is 5.98. The van der Waals surface area contributed by atoms with Crippen molar-refractivity contribution in [2.75, 3.05) is 59.0 Å². The Morgan fingerprint density at radius 1 is 0.894 bits per heavy atom. The number of amides is 1. The van der Waals surface area contributed by atoms with Crippen LogP contribution in [0.3, 0.4) is 0 Å². The molecular formula is C33H42N6O6S2. The molecule has 6 N–H and O–H groups in total. The molecule has 2 saturated carbocycles. The Hall–Kier alpha value is -3.32. The van der Waals surface area contributed by atoms with Crippen LogP contribution >= 0.6 is 21.2 Å². The maximum atomic E-state index is 13.5. The number of aromatic nitrogens is 2. The van der Waals surface area contributed by atoms with Crippen LogP contribution in [0.2, 0.25) is 0 Å². The number of anilines is 2. The van der Waals surface area contributed by atoms with E-state index in [2.05, 4.69) is 20.9 Å². The van der Waals surface area contributed by atoms with Gasteiger partial charge in [-0.15, -0.1) is 0 Å². The third-order valence-corrected chi connectivity index (χ3v) is 14.1. The molecule has 252 valence electrons. The molecule has 4 fully saturated rings. The van der Waals surface area contributed by atoms with Crippen molar-refractivity contribution in [1.29, 1.82) is 5.26 Å². The monoisotopic (exact) mass is 682 g/mol. The van der Waals surface area contributed by atoms with Crippen LogP contribution < -0.4 is 15.5 Å². The third-order valence-electron chi connectivity index (χ3n) is 10.7. The number of primary amides is 1. The second-order valence-electron chi connectivity index (χ2n) is 13.4. The van der Waals surface area contributed by atoms with Crippen molar-refractivity contribution in [2.45, 2.75) is 44.4 Å². The van der Waals surface area contributed by atoms with Gasteiger partial charge in [0.05, 0.1) is 57.4 Å². The largest absolute Gasteiger partial charge is 0.440 e. The summed E-state index contributed by atoms with van der Waals surface area (Å²) in [6, 6.07) is 12.4. The molecule has 0 radical (unpaired) electrons. The number of hydrogen-bond acceptors (Lipinski definition) is 11. The fourth-order valence-electron chi connectivity index (χ4n) is 7.83. The van der Waals surface area contributed by atoms with Gasteiger partial charge >= 0.3 is 0 Å². The Morgan fingerprint density at radius 2 is 1.51 bits per heavy atom. The SMILES string of the molecule is N#CC1(C2(C(N)=O)CCCCC2c2oc(-c3cncc(N4CCS(O)(O)CC4)c3)nc2-c2ccc(N3CCS(O)(O)CC3)cc2)CC1. The van der Waals surface area contributed by atoms with Crippen LogP contribution in [0.25, 0.3) is 22.7 Å². The highest BCUT2D eigenvalue weighted by Gasteiger charge is 2.67. The summed E-state index contributed by atoms with van der Waals surface area (Å²) in [4.78, 5) is 27.2. The van der Waals surface area contributed by atoms with Crippen molar-refractivity contribution in [3.8, 4) is 28.8 Å². The molecule has 1 amide bonds. The summed E-state index contributed by atoms with van der Waals surface area (Å²) in [5.41, 5.74) is 8.19. The summed E-state index contributed by atoms with van der Waals surface area (Å²) in [5.74, 6) is 1.30. The van der Waals surface area contributed by atoms with Crippen molar-refractivity contribution < 1.29 is 27.4 Å². The number of oxazole rings is 1. The molecule has 0 spiro atoms. The Balaban J connectivity index is 1.29. The number of nitriles is 1. The van der Waals surface area contributed by atoms with E-state index < -0.39 is 43.8 Å². The van der Waals surface area contributed by atoms with Gasteiger partial charge in [0.25, 0.3) is 0 Å². The third kappa shape index (κ3) is 5.87. The Kier molecular flexibility index (Phi) is 8.22. The maximum Gasteiger partial charge on any atom is 0.228 e. The molecule has 2 unspecified atom stereocenters. The van der Waals surface area contributed by atoms with Gasteiger partial charge < -0.3 is 20.0 Å². The average Bonchev–Trinajstić information content (AvgIpc) is 3.75. The lowest BCUT2D eigenvalue weighted by Crippen LogP contribution is -2.50. The van der Waals surface area contributed by atoms with Gasteiger partial charge in [-0.1, -0.05) is 25.0 Å². The fourth-order valence-corrected chi connectivity index (χ4v) is 10.3. The Labute approximate surface area is 277 Å². The first-order chi connectivity index (χ1) is 22.5. The topological polar surface area (TPSA) is 193 Å². The van der Waals surface area contributed by atoms with Crippen molar-refractivity contribution in [3.05, 3.63) is 48.5 Å². The van der Waals surface area contributed by atoms with Gasteiger partial charge in [-0.25, -0.2) is 4.98 Å². The minimum absolute atomic E-state index is 0.303. The second-order valence-corrected chi connectivity index (χ2v) is 18.3. The molecule has 2 aliphatic heterocycles. The van der Waals surface area contributed by atoms with Gasteiger partial charge in [0.15, 0.2) is 0 Å². The van der Waals surface area contributed by atoms with E-state index in [1.807, 2.05) is 30.3 Å². The van der Waals surface area contributed by atoms with Crippen LogP contribution in [-0.2, 0) is 4.79 Å². The van der Waals surface area contributed by atoms with E-state index in [9.17, 15) is 28.3 Å². The Morgan fingerprint density at radius 3 is 2.09 bits per heavy atom. The van der Waals surface area contributed by atoms with E-state index in [4.69, 9.17) is 15.1 Å². The molecule has 14 heteroatoms. The highest BCUT2D eigenvalue weighted by molar-refractivity contribution is 8.24. The van der Waals surface area contributed by atoms with E-state index in [1.54, 1.807) is 12.4 Å². The lowest BCUT2D eigenvalue weighted by Gasteiger charge is -2.44. The summed E-state index contributed by atoms with van der Waals surface area (Å²) in [5, 5.41) is 10.3. The molecule has 2 aliphatic carbocycles. The minimum atomic E-state index is -2.55. The first kappa shape index (κ1) is 32.2. The predicted molar refractivity (Wildman–Crippen MR) is 185 cm³/mol. The van der Waals surface area contributed by atoms with Crippen molar-refractivity contribution in [3.63, 3.8) is 0 Å². The van der Waals surface area contributed by atoms with Crippen LogP contribution in [-0.4, -0.2) is 83.3 Å². The quantitative estimate of drug-likeness (QED) is 0.197. The smallest absolute Gasteiger partial charge is 0.228 e. The summed E-state index contributed by atoms with van der Waals surface area (Å²) < 4.78 is 47.0. The van der Waals surface area contributed by atoms with Gasteiger partial charge in [0.1, 0.15) is 11.5 Å². The van der Waals surface area contributed by atoms with Crippen molar-refractivity contribution >= 4 is 38.5 Å². The number of rotatable bonds is 7. The van der Waals surface area contributed by atoms with Crippen LogP contribution in [0.1, 0.15) is 50.2 Å². The number of pyridine rings is 1. The van der Waals surface area contributed by atoms with E-state index in [1.165, 1.54) is 0 Å². The van der Waals surface area contributed by atoms with Gasteiger partial charge in [0, 0.05) is 49.5 Å². The normalized spacial score (nSPS) is 27.8. The van der Waals surface area contributed by atoms with Crippen molar-refractivity contribution in [1.82, 2.24) is 9.97 Å². The molecule has 2 saturated heterocycles. The first-order valence-electron chi connectivity index (χ1n) is 16.2. The number of carbonyl (C=O) groups excluding carboxylic acids is 1. The second kappa shape index (κ2) is 12.0. The summed E-state index contributed by atoms with van der Waals surface area (Å²) in [6.07, 6.45) is 7.52. The van der Waals surface area contributed by atoms with Gasteiger partial charge in [-0.3, -0.25) is 28.0 Å². The van der Waals surface area contributed by atoms with Crippen LogP contribution in [0, 0.1) is 22.2 Å². The molecule has 4 aliphatic rings. The maximum absolute atomic E-state index is 13.5. The summed E-state index contributed by atoms with van der Waals surface area (Å²) in [6.45, 7) is 2.11. The minimum Gasteiger partial charge on any atom is -0.440 e. The lowest BCUT2D eigenvalue weighted by atomic mass is 9.56. The van der Waals surface area contributed by atoms with E-state index >= 15 is 0 Å². The zero-order valence-electron chi connectivity index (χ0n) is 26.3. The number of hydrogen-bond donors (Lipinski definition) is 5. The Bertz CT molecular complexity index is 1680. The lowest BCUT2D eigenvalue weighted by molar-refractivity contribution is -0.135. The van der Waals surface area contributed by atoms with Crippen LogP contribution in [0.15, 0.2) is 47.1 Å². The molecule has 4 heterocycles. The number of nitrogens with two attached hydrogens (primary N) is 1. The zero-order valence-corrected chi connectivity index (χ0v) is 27.9. The van der Waals surface area contributed by atoms with Crippen molar-refractivity contribution in [2.24, 2.45) is 16.6 Å². The molecule has 12 nitrogen and oxygen atoms in total. The number of benzene rings is 1. The number of carbonyl (C=O) groups is 1. The van der Waals surface area contributed by atoms with Gasteiger partial charge in [0.2, 0.25) is 11.8 Å². The first-order valence-corrected chi connectivity index (χ1v) is 20.0. The highest BCUT2D eigenvalue weighted by Crippen LogP contribution is 2.68. The molecule has 3 aromatic rings. The molecule has 1 aromatic carbocycles. The van der Waals surface area contributed by atoms with Crippen LogP contribution in [0.4, 0.5) is 11.4 Å². The molecule has 47 heavy (non-hydrogen) atoms. The molecule has 7 rings (SSSR count). The van der Waals surface area contributed by atoms with Crippen LogP contribution in [0.5, 0.6) is 0 Å². The molecular weight excluding hydrogens is 641 g/mol. The highest BCUT2D eigenvalue weighted by atomic mass is 32.3. The summed E-state index contributed by atoms with van der Waals surface area (Å²) >= 11 is 0. The average molecular weight is 683 g/mol. The molecule has 2 aromatic heterocycles.